The molecule has 1 fully saturated rings. The van der Waals surface area contributed by atoms with Gasteiger partial charge in [0.1, 0.15) is 0 Å². The van der Waals surface area contributed by atoms with E-state index >= 15 is 0 Å². The van der Waals surface area contributed by atoms with Crippen LogP contribution in [-0.4, -0.2) is 32.4 Å². The second-order valence-electron chi connectivity index (χ2n) is 9.51. The van der Waals surface area contributed by atoms with E-state index in [2.05, 4.69) is 18.2 Å². The van der Waals surface area contributed by atoms with Crippen LogP contribution in [0.25, 0.3) is 33.8 Å². The summed E-state index contributed by atoms with van der Waals surface area (Å²) >= 11 is 0. The number of aromatic nitrogens is 2. The predicted molar refractivity (Wildman–Crippen MR) is 146 cm³/mol. The van der Waals surface area contributed by atoms with Gasteiger partial charge in [0.2, 0.25) is 0 Å². The fraction of sp³-hybridized carbons (Fsp3) is 0.312. The molecule has 37 heavy (non-hydrogen) atoms. The summed E-state index contributed by atoms with van der Waals surface area (Å²) in [5.41, 5.74) is 5.65. The summed E-state index contributed by atoms with van der Waals surface area (Å²) in [5.74, 6) is 0.452. The smallest absolute Gasteiger partial charge is 0.0873 e. The average molecular weight is 672 g/mol. The maximum atomic E-state index is 9.68. The van der Waals surface area contributed by atoms with Gasteiger partial charge in [0.25, 0.3) is 0 Å². The van der Waals surface area contributed by atoms with Crippen molar-refractivity contribution in [2.75, 3.05) is 0 Å². The minimum atomic E-state index is -0.359. The van der Waals surface area contributed by atoms with Crippen molar-refractivity contribution in [1.29, 1.82) is 0 Å². The summed E-state index contributed by atoms with van der Waals surface area (Å²) in [7, 11) is 0. The molecule has 0 bridgehead atoms. The molecule has 5 heteroatoms. The Bertz CT molecular complexity index is 1180. The van der Waals surface area contributed by atoms with Crippen molar-refractivity contribution in [3.05, 3.63) is 97.2 Å². The molecule has 4 nitrogen and oxygen atoms in total. The Balaban J connectivity index is 0.000000249. The summed E-state index contributed by atoms with van der Waals surface area (Å²) in [5, 5.41) is 18.8. The van der Waals surface area contributed by atoms with E-state index < -0.39 is 0 Å². The van der Waals surface area contributed by atoms with Gasteiger partial charge in [0, 0.05) is 37.6 Å². The molecular formula is C32H35IrN2O2-. The number of hydrogen-bond donors (Lipinski definition) is 2. The van der Waals surface area contributed by atoms with E-state index in [0.29, 0.717) is 12.3 Å². The zero-order valence-electron chi connectivity index (χ0n) is 21.3. The van der Waals surface area contributed by atoms with Crippen molar-refractivity contribution in [2.45, 2.75) is 57.7 Å². The first-order valence-electron chi connectivity index (χ1n) is 12.9. The first-order valence-corrected chi connectivity index (χ1v) is 12.9. The summed E-state index contributed by atoms with van der Waals surface area (Å²) in [4.78, 5) is 9.61. The molecule has 0 amide bonds. The fourth-order valence-corrected chi connectivity index (χ4v) is 4.73. The molecule has 0 spiro atoms. The standard InChI is InChI=1S/C22H15N2.C10H20O2.Ir/c1-4-10-17(11-5-1)20-16-23-21(18-12-6-2-7-13-18)22(24-20)19-14-8-3-9-15-19;1-8(11)7-10(12)9-5-3-2-4-6-9;/h1-12,14-16H;8-12H,2-7H2,1H3;/q-1;;. The zero-order chi connectivity index (χ0) is 25.2. The first-order chi connectivity index (χ1) is 17.6. The van der Waals surface area contributed by atoms with Crippen LogP contribution >= 0.6 is 0 Å². The van der Waals surface area contributed by atoms with Crippen LogP contribution in [0.15, 0.2) is 91.1 Å². The average Bonchev–Trinajstić information content (AvgIpc) is 2.95. The Labute approximate surface area is 234 Å². The molecule has 1 saturated carbocycles. The SMILES string of the molecule is CC(O)CC(O)C1CCCCC1.[Ir].[c-]1ccccc1-c1ncc(-c2ccccc2)nc1-c1ccccc1. The molecule has 2 unspecified atom stereocenters. The van der Waals surface area contributed by atoms with Crippen LogP contribution in [0.4, 0.5) is 0 Å². The molecule has 1 aliphatic rings. The van der Waals surface area contributed by atoms with Gasteiger partial charge in [-0.1, -0.05) is 79.9 Å². The van der Waals surface area contributed by atoms with Gasteiger partial charge >= 0.3 is 0 Å². The minimum Gasteiger partial charge on any atom is -0.393 e. The maximum absolute atomic E-state index is 9.68. The molecule has 0 aliphatic heterocycles. The fourth-order valence-electron chi connectivity index (χ4n) is 4.73. The Morgan fingerprint density at radius 1 is 0.811 bits per heavy atom. The van der Waals surface area contributed by atoms with Crippen molar-refractivity contribution in [2.24, 2.45) is 5.92 Å². The van der Waals surface area contributed by atoms with E-state index in [-0.39, 0.29) is 32.3 Å². The molecule has 5 rings (SSSR count). The Hall–Kier alpha value is -2.69. The van der Waals surface area contributed by atoms with Crippen LogP contribution in [-0.2, 0) is 20.1 Å². The summed E-state index contributed by atoms with van der Waals surface area (Å²) in [6, 6.07) is 31.4. The second-order valence-corrected chi connectivity index (χ2v) is 9.51. The third kappa shape index (κ3) is 8.41. The Morgan fingerprint density at radius 2 is 1.43 bits per heavy atom. The topological polar surface area (TPSA) is 66.2 Å². The Kier molecular flexibility index (Phi) is 11.6. The van der Waals surface area contributed by atoms with Crippen molar-refractivity contribution in [3.63, 3.8) is 0 Å². The monoisotopic (exact) mass is 672 g/mol. The van der Waals surface area contributed by atoms with E-state index in [1.54, 1.807) is 6.92 Å². The largest absolute Gasteiger partial charge is 0.393 e. The van der Waals surface area contributed by atoms with Gasteiger partial charge in [-0.3, -0.25) is 4.98 Å². The van der Waals surface area contributed by atoms with Crippen LogP contribution in [0.5, 0.6) is 0 Å². The van der Waals surface area contributed by atoms with E-state index in [9.17, 15) is 5.11 Å². The molecule has 2 N–H and O–H groups in total. The molecule has 0 saturated heterocycles. The predicted octanol–water partition coefficient (Wildman–Crippen LogP) is 6.97. The summed E-state index contributed by atoms with van der Waals surface area (Å²) in [6.45, 7) is 1.74. The minimum absolute atomic E-state index is 0. The molecule has 195 valence electrons. The van der Waals surface area contributed by atoms with Gasteiger partial charge in [0.05, 0.1) is 23.6 Å². The molecule has 4 aromatic rings. The van der Waals surface area contributed by atoms with E-state index in [0.717, 1.165) is 46.6 Å². The van der Waals surface area contributed by atoms with Crippen LogP contribution in [0, 0.1) is 12.0 Å². The number of benzene rings is 3. The van der Waals surface area contributed by atoms with Gasteiger partial charge in [-0.25, -0.2) is 0 Å². The number of aliphatic hydroxyl groups is 2. The van der Waals surface area contributed by atoms with E-state index in [1.807, 2.05) is 79.0 Å². The van der Waals surface area contributed by atoms with Crippen molar-refractivity contribution in [1.82, 2.24) is 9.97 Å². The summed E-state index contributed by atoms with van der Waals surface area (Å²) in [6.07, 6.45) is 7.86. The van der Waals surface area contributed by atoms with Gasteiger partial charge < -0.3 is 15.2 Å². The van der Waals surface area contributed by atoms with Crippen LogP contribution in [0.3, 0.4) is 0 Å². The quantitative estimate of drug-likeness (QED) is 0.217. The molecule has 3 aromatic carbocycles. The number of aliphatic hydroxyl groups excluding tert-OH is 2. The van der Waals surface area contributed by atoms with Crippen molar-refractivity contribution in [3.8, 4) is 33.8 Å². The third-order valence-corrected chi connectivity index (χ3v) is 6.63. The molecule has 2 atom stereocenters. The van der Waals surface area contributed by atoms with Crippen LogP contribution in [0.2, 0.25) is 0 Å². The Morgan fingerprint density at radius 3 is 2.03 bits per heavy atom. The molecule has 1 aromatic heterocycles. The van der Waals surface area contributed by atoms with Crippen molar-refractivity contribution >= 4 is 0 Å². The first kappa shape index (κ1) is 28.9. The third-order valence-electron chi connectivity index (χ3n) is 6.63. The number of rotatable bonds is 6. The maximum Gasteiger partial charge on any atom is 0.0873 e. The van der Waals surface area contributed by atoms with Gasteiger partial charge in [-0.05, 0) is 37.7 Å². The second kappa shape index (κ2) is 14.9. The van der Waals surface area contributed by atoms with Gasteiger partial charge in [-0.2, -0.15) is 0 Å². The molecule has 1 aliphatic carbocycles. The normalized spacial score (nSPS) is 15.0. The van der Waals surface area contributed by atoms with Crippen LogP contribution < -0.4 is 0 Å². The molecule has 1 heterocycles. The van der Waals surface area contributed by atoms with Gasteiger partial charge in [0.15, 0.2) is 0 Å². The van der Waals surface area contributed by atoms with Gasteiger partial charge in [-0.15, -0.1) is 35.9 Å². The van der Waals surface area contributed by atoms with Crippen LogP contribution in [0.1, 0.15) is 45.4 Å². The number of nitrogens with zero attached hydrogens (tertiary/aromatic N) is 2. The van der Waals surface area contributed by atoms with E-state index in [1.165, 1.54) is 19.3 Å². The summed E-state index contributed by atoms with van der Waals surface area (Å²) < 4.78 is 0. The number of hydrogen-bond acceptors (Lipinski definition) is 4. The molecular weight excluding hydrogens is 637 g/mol. The van der Waals surface area contributed by atoms with Crippen molar-refractivity contribution < 1.29 is 30.3 Å². The van der Waals surface area contributed by atoms with E-state index in [4.69, 9.17) is 15.1 Å². The zero-order valence-corrected chi connectivity index (χ0v) is 23.7. The molecule has 1 radical (unpaired) electrons.